The Labute approximate surface area is 124 Å². The summed E-state index contributed by atoms with van der Waals surface area (Å²) in [7, 11) is 0. The number of benzene rings is 2. The summed E-state index contributed by atoms with van der Waals surface area (Å²) in [5.74, 6) is 0.697. The maximum Gasteiger partial charge on any atom is 0.153 e. The summed E-state index contributed by atoms with van der Waals surface area (Å²) in [6.45, 7) is 1.95. The molecule has 3 heteroatoms. The smallest absolute Gasteiger partial charge is 0.153 e. The summed E-state index contributed by atoms with van der Waals surface area (Å²) in [4.78, 5) is 4.41. The molecular formula is C18H17N3. The standard InChI is InChI=1S/C18H17N3/c1-13-7-12-17(19)18(20-13)21-16-10-8-15(9-11-16)14-5-3-2-4-6-14/h2-12H,19H2,1H3,(H,20,21). The average molecular weight is 275 g/mol. The number of rotatable bonds is 3. The van der Waals surface area contributed by atoms with Crippen molar-refractivity contribution in [3.8, 4) is 11.1 Å². The largest absolute Gasteiger partial charge is 0.396 e. The van der Waals surface area contributed by atoms with E-state index in [1.165, 1.54) is 11.1 Å². The van der Waals surface area contributed by atoms with Crippen LogP contribution in [-0.2, 0) is 0 Å². The van der Waals surface area contributed by atoms with Crippen LogP contribution in [-0.4, -0.2) is 4.98 Å². The highest BCUT2D eigenvalue weighted by atomic mass is 15.0. The van der Waals surface area contributed by atoms with Gasteiger partial charge in [-0.05, 0) is 42.3 Å². The Kier molecular flexibility index (Phi) is 3.56. The molecule has 3 nitrogen and oxygen atoms in total. The Balaban J connectivity index is 1.83. The van der Waals surface area contributed by atoms with Crippen molar-refractivity contribution in [2.45, 2.75) is 6.92 Å². The van der Waals surface area contributed by atoms with E-state index < -0.39 is 0 Å². The zero-order chi connectivity index (χ0) is 14.7. The topological polar surface area (TPSA) is 50.9 Å². The molecule has 3 aromatic rings. The molecule has 1 heterocycles. The van der Waals surface area contributed by atoms with Crippen LogP contribution in [0.15, 0.2) is 66.7 Å². The summed E-state index contributed by atoms with van der Waals surface area (Å²) >= 11 is 0. The van der Waals surface area contributed by atoms with Crippen LogP contribution in [0.3, 0.4) is 0 Å². The molecule has 0 atom stereocenters. The lowest BCUT2D eigenvalue weighted by molar-refractivity contribution is 1.20. The SMILES string of the molecule is Cc1ccc(N)c(Nc2ccc(-c3ccccc3)cc2)n1. The highest BCUT2D eigenvalue weighted by Crippen LogP contribution is 2.24. The lowest BCUT2D eigenvalue weighted by Gasteiger charge is -2.10. The molecule has 0 aliphatic rings. The third-order valence-corrected chi connectivity index (χ3v) is 3.32. The van der Waals surface area contributed by atoms with Crippen LogP contribution in [0, 0.1) is 6.92 Å². The Hall–Kier alpha value is -2.81. The van der Waals surface area contributed by atoms with E-state index in [0.29, 0.717) is 11.5 Å². The lowest BCUT2D eigenvalue weighted by atomic mass is 10.1. The van der Waals surface area contributed by atoms with Gasteiger partial charge in [0, 0.05) is 11.4 Å². The van der Waals surface area contributed by atoms with E-state index in [-0.39, 0.29) is 0 Å². The van der Waals surface area contributed by atoms with Gasteiger partial charge in [0.25, 0.3) is 0 Å². The minimum atomic E-state index is 0.646. The van der Waals surface area contributed by atoms with Crippen LogP contribution < -0.4 is 11.1 Å². The second-order valence-corrected chi connectivity index (χ2v) is 4.96. The van der Waals surface area contributed by atoms with Crippen LogP contribution in [0.1, 0.15) is 5.69 Å². The van der Waals surface area contributed by atoms with Gasteiger partial charge in [-0.2, -0.15) is 0 Å². The summed E-state index contributed by atoms with van der Waals surface area (Å²) < 4.78 is 0. The zero-order valence-electron chi connectivity index (χ0n) is 11.9. The molecule has 0 spiro atoms. The van der Waals surface area contributed by atoms with E-state index in [1.54, 1.807) is 0 Å². The lowest BCUT2D eigenvalue weighted by Crippen LogP contribution is -2.00. The molecule has 0 amide bonds. The number of nitrogens with zero attached hydrogens (tertiary/aromatic N) is 1. The fourth-order valence-corrected chi connectivity index (χ4v) is 2.18. The van der Waals surface area contributed by atoms with Gasteiger partial charge in [-0.15, -0.1) is 0 Å². The van der Waals surface area contributed by atoms with Crippen LogP contribution in [0.25, 0.3) is 11.1 Å². The van der Waals surface area contributed by atoms with Crippen LogP contribution in [0.4, 0.5) is 17.2 Å². The second-order valence-electron chi connectivity index (χ2n) is 4.96. The fourth-order valence-electron chi connectivity index (χ4n) is 2.18. The van der Waals surface area contributed by atoms with Crippen molar-refractivity contribution in [1.82, 2.24) is 4.98 Å². The number of anilines is 3. The monoisotopic (exact) mass is 275 g/mol. The molecule has 3 N–H and O–H groups in total. The normalized spacial score (nSPS) is 10.3. The van der Waals surface area contributed by atoms with Crippen molar-refractivity contribution in [3.05, 3.63) is 72.4 Å². The van der Waals surface area contributed by atoms with E-state index >= 15 is 0 Å². The van der Waals surface area contributed by atoms with Gasteiger partial charge in [-0.1, -0.05) is 42.5 Å². The van der Waals surface area contributed by atoms with E-state index in [2.05, 4.69) is 34.6 Å². The number of aryl methyl sites for hydroxylation is 1. The number of pyridine rings is 1. The molecule has 1 aromatic heterocycles. The molecule has 0 bridgehead atoms. The Morgan fingerprint density at radius 1 is 0.810 bits per heavy atom. The Morgan fingerprint density at radius 2 is 1.48 bits per heavy atom. The minimum Gasteiger partial charge on any atom is -0.396 e. The first kappa shape index (κ1) is 13.2. The Bertz CT molecular complexity index is 734. The summed E-state index contributed by atoms with van der Waals surface area (Å²) in [6.07, 6.45) is 0. The van der Waals surface area contributed by atoms with Crippen LogP contribution in [0.2, 0.25) is 0 Å². The highest BCUT2D eigenvalue weighted by Gasteiger charge is 2.02. The fraction of sp³-hybridized carbons (Fsp3) is 0.0556. The van der Waals surface area contributed by atoms with Crippen molar-refractivity contribution in [2.24, 2.45) is 0 Å². The van der Waals surface area contributed by atoms with Crippen molar-refractivity contribution < 1.29 is 0 Å². The molecule has 104 valence electrons. The van der Waals surface area contributed by atoms with Gasteiger partial charge in [-0.25, -0.2) is 4.98 Å². The van der Waals surface area contributed by atoms with Crippen molar-refractivity contribution in [3.63, 3.8) is 0 Å². The van der Waals surface area contributed by atoms with Gasteiger partial charge in [0.2, 0.25) is 0 Å². The minimum absolute atomic E-state index is 0.646. The first-order valence-electron chi connectivity index (χ1n) is 6.88. The van der Waals surface area contributed by atoms with Crippen LogP contribution in [0.5, 0.6) is 0 Å². The molecule has 0 fully saturated rings. The van der Waals surface area contributed by atoms with Crippen molar-refractivity contribution in [1.29, 1.82) is 0 Å². The second kappa shape index (κ2) is 5.67. The quantitative estimate of drug-likeness (QED) is 0.745. The predicted octanol–water partition coefficient (Wildman–Crippen LogP) is 4.38. The summed E-state index contributed by atoms with van der Waals surface area (Å²) in [6, 6.07) is 22.3. The summed E-state index contributed by atoms with van der Waals surface area (Å²) in [5, 5.41) is 3.26. The number of aromatic nitrogens is 1. The van der Waals surface area contributed by atoms with Gasteiger partial charge in [-0.3, -0.25) is 0 Å². The third-order valence-electron chi connectivity index (χ3n) is 3.32. The third kappa shape index (κ3) is 3.03. The maximum absolute atomic E-state index is 5.93. The van der Waals surface area contributed by atoms with E-state index in [9.17, 15) is 0 Å². The number of nitrogen functional groups attached to an aromatic ring is 1. The summed E-state index contributed by atoms with van der Waals surface area (Å²) in [5.41, 5.74) is 10.9. The van der Waals surface area contributed by atoms with Gasteiger partial charge in [0.05, 0.1) is 5.69 Å². The molecule has 0 radical (unpaired) electrons. The first-order valence-corrected chi connectivity index (χ1v) is 6.88. The molecule has 0 saturated carbocycles. The molecule has 0 unspecified atom stereocenters. The molecule has 0 saturated heterocycles. The number of nitrogens with two attached hydrogens (primary N) is 1. The molecule has 0 aliphatic heterocycles. The predicted molar refractivity (Wildman–Crippen MR) is 88.5 cm³/mol. The average Bonchev–Trinajstić information content (AvgIpc) is 2.53. The Morgan fingerprint density at radius 3 is 2.19 bits per heavy atom. The number of hydrogen-bond acceptors (Lipinski definition) is 3. The molecule has 3 rings (SSSR count). The molecule has 2 aromatic carbocycles. The van der Waals surface area contributed by atoms with Crippen LogP contribution >= 0.6 is 0 Å². The molecule has 0 aliphatic carbocycles. The highest BCUT2D eigenvalue weighted by molar-refractivity contribution is 5.71. The first-order chi connectivity index (χ1) is 10.2. The van der Waals surface area contributed by atoms with E-state index in [0.717, 1.165) is 11.4 Å². The van der Waals surface area contributed by atoms with E-state index in [4.69, 9.17) is 5.73 Å². The maximum atomic E-state index is 5.93. The molecule has 21 heavy (non-hydrogen) atoms. The van der Waals surface area contributed by atoms with Gasteiger partial charge in [0.15, 0.2) is 5.82 Å². The van der Waals surface area contributed by atoms with Gasteiger partial charge >= 0.3 is 0 Å². The van der Waals surface area contributed by atoms with Gasteiger partial charge in [0.1, 0.15) is 0 Å². The number of nitrogens with one attached hydrogen (secondary N) is 1. The van der Waals surface area contributed by atoms with Gasteiger partial charge < -0.3 is 11.1 Å². The van der Waals surface area contributed by atoms with Crippen molar-refractivity contribution in [2.75, 3.05) is 11.1 Å². The number of hydrogen-bond donors (Lipinski definition) is 2. The molecular weight excluding hydrogens is 258 g/mol. The van der Waals surface area contributed by atoms with E-state index in [1.807, 2.05) is 49.4 Å². The zero-order valence-corrected chi connectivity index (χ0v) is 11.9. The van der Waals surface area contributed by atoms with Crippen molar-refractivity contribution >= 4 is 17.2 Å².